The highest BCUT2D eigenvalue weighted by Gasteiger charge is 2.31. The number of hydrogen-bond acceptors (Lipinski definition) is 3. The Morgan fingerprint density at radius 1 is 1.27 bits per heavy atom. The van der Waals surface area contributed by atoms with Crippen molar-refractivity contribution in [1.82, 2.24) is 10.2 Å². The Morgan fingerprint density at radius 3 is 2.80 bits per heavy atom. The zero-order valence-corrected chi connectivity index (χ0v) is 10.0. The van der Waals surface area contributed by atoms with Crippen molar-refractivity contribution < 1.29 is 4.74 Å². The van der Waals surface area contributed by atoms with Gasteiger partial charge < -0.3 is 10.1 Å². The molecule has 0 aromatic rings. The van der Waals surface area contributed by atoms with Crippen LogP contribution in [0.2, 0.25) is 0 Å². The molecule has 3 atom stereocenters. The molecule has 2 fully saturated rings. The summed E-state index contributed by atoms with van der Waals surface area (Å²) in [6.45, 7) is 5.78. The summed E-state index contributed by atoms with van der Waals surface area (Å²) in [7, 11) is 1.87. The van der Waals surface area contributed by atoms with Crippen LogP contribution >= 0.6 is 0 Å². The van der Waals surface area contributed by atoms with Gasteiger partial charge in [-0.1, -0.05) is 12.8 Å². The second kappa shape index (κ2) is 5.28. The molecule has 3 unspecified atom stereocenters. The number of rotatable bonds is 2. The number of ether oxygens (including phenoxy) is 1. The first-order chi connectivity index (χ1) is 7.31. The Bertz CT molecular complexity index is 198. The summed E-state index contributed by atoms with van der Waals surface area (Å²) in [5.41, 5.74) is 0. The molecular formula is C12H24N2O. The van der Waals surface area contributed by atoms with Gasteiger partial charge in [-0.05, 0) is 19.8 Å². The molecule has 15 heavy (non-hydrogen) atoms. The van der Waals surface area contributed by atoms with Crippen LogP contribution in [0, 0.1) is 0 Å². The first kappa shape index (κ1) is 11.4. The van der Waals surface area contributed by atoms with E-state index in [0.29, 0.717) is 18.2 Å². The third-order valence-corrected chi connectivity index (χ3v) is 3.84. The molecule has 1 heterocycles. The monoisotopic (exact) mass is 212 g/mol. The normalized spacial score (nSPS) is 39.2. The number of hydrogen-bond donors (Lipinski definition) is 1. The predicted octanol–water partition coefficient (Wildman–Crippen LogP) is 1.24. The van der Waals surface area contributed by atoms with Crippen molar-refractivity contribution in [2.75, 3.05) is 26.7 Å². The molecule has 1 N–H and O–H groups in total. The van der Waals surface area contributed by atoms with Crippen LogP contribution in [0.3, 0.4) is 0 Å². The van der Waals surface area contributed by atoms with Gasteiger partial charge in [0.2, 0.25) is 0 Å². The minimum Gasteiger partial charge on any atom is -0.380 e. The maximum atomic E-state index is 5.63. The van der Waals surface area contributed by atoms with Crippen molar-refractivity contribution in [3.63, 3.8) is 0 Å². The number of nitrogens with zero attached hydrogens (tertiary/aromatic N) is 1. The predicted molar refractivity (Wildman–Crippen MR) is 62.1 cm³/mol. The zero-order valence-electron chi connectivity index (χ0n) is 10.0. The molecule has 0 aromatic heterocycles. The van der Waals surface area contributed by atoms with Crippen molar-refractivity contribution in [3.05, 3.63) is 0 Å². The average molecular weight is 212 g/mol. The Kier molecular flexibility index (Phi) is 4.00. The summed E-state index contributed by atoms with van der Waals surface area (Å²) in [5, 5.41) is 3.50. The molecule has 3 nitrogen and oxygen atoms in total. The summed E-state index contributed by atoms with van der Waals surface area (Å²) in [4.78, 5) is 2.63. The van der Waals surface area contributed by atoms with E-state index in [9.17, 15) is 0 Å². The van der Waals surface area contributed by atoms with Crippen molar-refractivity contribution in [2.45, 2.75) is 50.8 Å². The Morgan fingerprint density at radius 2 is 2.07 bits per heavy atom. The maximum Gasteiger partial charge on any atom is 0.0726 e. The van der Waals surface area contributed by atoms with Crippen LogP contribution in [0.4, 0.5) is 0 Å². The highest BCUT2D eigenvalue weighted by atomic mass is 16.5. The van der Waals surface area contributed by atoms with E-state index in [2.05, 4.69) is 17.1 Å². The Labute approximate surface area is 93.2 Å². The van der Waals surface area contributed by atoms with Gasteiger partial charge in [0, 0.05) is 38.8 Å². The van der Waals surface area contributed by atoms with Crippen LogP contribution in [-0.2, 0) is 4.74 Å². The van der Waals surface area contributed by atoms with E-state index in [0.717, 1.165) is 6.54 Å². The minimum absolute atomic E-state index is 0.476. The van der Waals surface area contributed by atoms with Gasteiger partial charge in [0.15, 0.2) is 0 Å². The van der Waals surface area contributed by atoms with Gasteiger partial charge in [-0.3, -0.25) is 4.90 Å². The first-order valence-electron chi connectivity index (χ1n) is 6.31. The summed E-state index contributed by atoms with van der Waals surface area (Å²) in [5.74, 6) is 0. The molecule has 88 valence electrons. The fourth-order valence-electron chi connectivity index (χ4n) is 3.03. The smallest absolute Gasteiger partial charge is 0.0726 e. The topological polar surface area (TPSA) is 24.5 Å². The van der Waals surface area contributed by atoms with Gasteiger partial charge in [-0.25, -0.2) is 0 Å². The maximum absolute atomic E-state index is 5.63. The van der Waals surface area contributed by atoms with Crippen molar-refractivity contribution in [1.29, 1.82) is 0 Å². The van der Waals surface area contributed by atoms with Gasteiger partial charge >= 0.3 is 0 Å². The van der Waals surface area contributed by atoms with Gasteiger partial charge in [0.25, 0.3) is 0 Å². The minimum atomic E-state index is 0.476. The quantitative estimate of drug-likeness (QED) is 0.745. The molecule has 2 rings (SSSR count). The molecule has 1 aliphatic heterocycles. The van der Waals surface area contributed by atoms with Crippen LogP contribution < -0.4 is 5.32 Å². The van der Waals surface area contributed by atoms with Crippen LogP contribution in [0.1, 0.15) is 32.6 Å². The standard InChI is InChI=1S/C12H24N2O/c1-10-9-14(8-7-13-10)11-5-3-4-6-12(11)15-2/h10-13H,3-9H2,1-2H3. The molecular weight excluding hydrogens is 188 g/mol. The highest BCUT2D eigenvalue weighted by Crippen LogP contribution is 2.25. The first-order valence-corrected chi connectivity index (χ1v) is 6.31. The fraction of sp³-hybridized carbons (Fsp3) is 1.00. The third-order valence-electron chi connectivity index (χ3n) is 3.84. The summed E-state index contributed by atoms with van der Waals surface area (Å²) < 4.78 is 5.63. The lowest BCUT2D eigenvalue weighted by molar-refractivity contribution is -0.0192. The summed E-state index contributed by atoms with van der Waals surface area (Å²) in [6.07, 6.45) is 5.77. The van der Waals surface area contributed by atoms with E-state index >= 15 is 0 Å². The lowest BCUT2D eigenvalue weighted by Crippen LogP contribution is -2.56. The molecule has 1 aliphatic carbocycles. The van der Waals surface area contributed by atoms with Crippen LogP contribution in [0.15, 0.2) is 0 Å². The van der Waals surface area contributed by atoms with E-state index in [1.54, 1.807) is 0 Å². The van der Waals surface area contributed by atoms with Crippen LogP contribution in [0.25, 0.3) is 0 Å². The van der Waals surface area contributed by atoms with Gasteiger partial charge in [0.05, 0.1) is 6.10 Å². The Hall–Kier alpha value is -0.120. The van der Waals surface area contributed by atoms with Gasteiger partial charge in [-0.2, -0.15) is 0 Å². The summed E-state index contributed by atoms with van der Waals surface area (Å²) in [6, 6.07) is 1.31. The molecule has 1 saturated heterocycles. The van der Waals surface area contributed by atoms with E-state index in [1.807, 2.05) is 7.11 Å². The van der Waals surface area contributed by atoms with Gasteiger partial charge in [0.1, 0.15) is 0 Å². The highest BCUT2D eigenvalue weighted by molar-refractivity contribution is 4.88. The molecule has 0 radical (unpaired) electrons. The molecule has 2 aliphatic rings. The Balaban J connectivity index is 1.94. The lowest BCUT2D eigenvalue weighted by atomic mass is 9.90. The van der Waals surface area contributed by atoms with Crippen molar-refractivity contribution in [2.24, 2.45) is 0 Å². The summed E-state index contributed by atoms with van der Waals surface area (Å²) >= 11 is 0. The molecule has 0 spiro atoms. The second-order valence-electron chi connectivity index (χ2n) is 4.98. The second-order valence-corrected chi connectivity index (χ2v) is 4.98. The molecule has 0 aromatic carbocycles. The van der Waals surface area contributed by atoms with Gasteiger partial charge in [-0.15, -0.1) is 0 Å². The largest absolute Gasteiger partial charge is 0.380 e. The number of methoxy groups -OCH3 is 1. The number of nitrogens with one attached hydrogen (secondary N) is 1. The zero-order chi connectivity index (χ0) is 10.7. The molecule has 0 bridgehead atoms. The van der Waals surface area contributed by atoms with Crippen LogP contribution in [-0.4, -0.2) is 49.8 Å². The van der Waals surface area contributed by atoms with E-state index in [1.165, 1.54) is 38.8 Å². The van der Waals surface area contributed by atoms with E-state index in [-0.39, 0.29) is 0 Å². The molecule has 0 amide bonds. The van der Waals surface area contributed by atoms with E-state index < -0.39 is 0 Å². The number of piperazine rings is 1. The van der Waals surface area contributed by atoms with Crippen LogP contribution in [0.5, 0.6) is 0 Å². The van der Waals surface area contributed by atoms with Crippen molar-refractivity contribution >= 4 is 0 Å². The van der Waals surface area contributed by atoms with Crippen molar-refractivity contribution in [3.8, 4) is 0 Å². The molecule has 1 saturated carbocycles. The molecule has 3 heteroatoms. The third kappa shape index (κ3) is 2.71. The lowest BCUT2D eigenvalue weighted by Gasteiger charge is -2.43. The fourth-order valence-corrected chi connectivity index (χ4v) is 3.03. The average Bonchev–Trinajstić information content (AvgIpc) is 2.29. The SMILES string of the molecule is COC1CCCCC1N1CCNC(C)C1. The van der Waals surface area contributed by atoms with E-state index in [4.69, 9.17) is 4.74 Å².